The second-order valence-corrected chi connectivity index (χ2v) is 11.2. The molecule has 10 heteroatoms. The molecule has 1 fully saturated rings. The van der Waals surface area contributed by atoms with Crippen LogP contribution in [-0.4, -0.2) is 56.7 Å². The molecule has 2 aromatic rings. The summed E-state index contributed by atoms with van der Waals surface area (Å²) in [6, 6.07) is 5.03. The topological polar surface area (TPSA) is 78.4 Å². The Morgan fingerprint density at radius 3 is 2.81 bits per heavy atom. The van der Waals surface area contributed by atoms with Crippen molar-refractivity contribution in [1.82, 2.24) is 24.8 Å². The molecule has 0 radical (unpaired) electrons. The van der Waals surface area contributed by atoms with Gasteiger partial charge in [0.25, 0.3) is 0 Å². The van der Waals surface area contributed by atoms with Crippen LogP contribution in [0.5, 0.6) is 0 Å². The van der Waals surface area contributed by atoms with Gasteiger partial charge in [-0.1, -0.05) is 18.5 Å². The van der Waals surface area contributed by atoms with Crippen molar-refractivity contribution in [3.8, 4) is 0 Å². The van der Waals surface area contributed by atoms with Gasteiger partial charge in [0.05, 0.1) is 12.8 Å². The molecule has 4 heterocycles. The number of rotatable bonds is 9. The van der Waals surface area contributed by atoms with Gasteiger partial charge in [0.1, 0.15) is 11.6 Å². The molecule has 2 N–H and O–H groups in total. The molecule has 2 aliphatic rings. The van der Waals surface area contributed by atoms with Crippen LogP contribution in [0.25, 0.3) is 5.70 Å². The molecule has 8 nitrogen and oxygen atoms in total. The highest BCUT2D eigenvalue weighted by Crippen LogP contribution is 2.33. The Morgan fingerprint density at radius 1 is 1.30 bits per heavy atom. The van der Waals surface area contributed by atoms with Crippen molar-refractivity contribution in [2.45, 2.75) is 58.8 Å². The van der Waals surface area contributed by atoms with E-state index < -0.39 is 0 Å². The fraction of sp³-hybridized carbons (Fsp3) is 0.444. The smallest absolute Gasteiger partial charge is 0.227 e. The number of nitrogens with zero attached hydrogens (tertiary/aromatic N) is 5. The number of methoxy groups -OCH3 is 1. The van der Waals surface area contributed by atoms with E-state index in [0.29, 0.717) is 18.0 Å². The van der Waals surface area contributed by atoms with E-state index in [-0.39, 0.29) is 0 Å². The predicted octanol–water partition coefficient (Wildman–Crippen LogP) is 5.47. The molecule has 0 saturated carbocycles. The van der Waals surface area contributed by atoms with Crippen LogP contribution >= 0.6 is 21.2 Å². The lowest BCUT2D eigenvalue weighted by atomic mass is 9.95. The fourth-order valence-corrected chi connectivity index (χ4v) is 5.58. The minimum Gasteiger partial charge on any atom is -0.496 e. The lowest BCUT2D eigenvalue weighted by Gasteiger charge is -2.43. The number of pyridine rings is 1. The van der Waals surface area contributed by atoms with Crippen LogP contribution in [0.4, 0.5) is 11.8 Å². The summed E-state index contributed by atoms with van der Waals surface area (Å²) in [4.78, 5) is 18.8. The van der Waals surface area contributed by atoms with Gasteiger partial charge in [0, 0.05) is 72.9 Å². The van der Waals surface area contributed by atoms with Gasteiger partial charge in [-0.2, -0.15) is 0 Å². The lowest BCUT2D eigenvalue weighted by Crippen LogP contribution is -2.46. The number of likely N-dealkylation sites (tertiary alicyclic amines) is 1. The van der Waals surface area contributed by atoms with Gasteiger partial charge in [-0.15, -0.1) is 9.24 Å². The molecule has 4 rings (SSSR count). The van der Waals surface area contributed by atoms with E-state index in [1.165, 1.54) is 5.56 Å². The molecule has 2 aliphatic heterocycles. The standard InChI is InChI=1S/C27H38N7OPS/c1-17(11-25(35-5)20(4)36)30-27-29-14-22-15-33(16-24(22)31-27)23-8-10-34(18(2)12-23)19(3)21-7-9-28-26(13-21)32-37-6/h7,9,11,13-14,18,23H,3,8,10,12,15-16,36H2,1-2,4-6H3,(H,28,32)(H,29,30,31)/b17-11+,25-20-/t18-,23+/m1/s1. The molecule has 2 aromatic heterocycles. The Balaban J connectivity index is 1.37. The zero-order valence-electron chi connectivity index (χ0n) is 22.4. The number of fused-ring (bicyclic) bond motifs is 1. The van der Waals surface area contributed by atoms with E-state index >= 15 is 0 Å². The number of ether oxygens (including phenoxy) is 1. The van der Waals surface area contributed by atoms with Crippen LogP contribution in [0.2, 0.25) is 0 Å². The molecule has 0 aromatic carbocycles. The molecule has 3 atom stereocenters. The highest BCUT2D eigenvalue weighted by molar-refractivity contribution is 7.99. The molecular weight excluding hydrogens is 501 g/mol. The van der Waals surface area contributed by atoms with E-state index in [4.69, 9.17) is 9.72 Å². The average molecular weight is 540 g/mol. The van der Waals surface area contributed by atoms with E-state index in [9.17, 15) is 0 Å². The van der Waals surface area contributed by atoms with E-state index in [1.54, 1.807) is 19.1 Å². The number of hydrogen-bond acceptors (Lipinski definition) is 9. The summed E-state index contributed by atoms with van der Waals surface area (Å²) in [6.07, 6.45) is 9.96. The number of aromatic nitrogens is 3. The van der Waals surface area contributed by atoms with Crippen LogP contribution in [0.15, 0.2) is 54.0 Å². The molecule has 1 unspecified atom stereocenters. The van der Waals surface area contributed by atoms with Crippen LogP contribution in [0.3, 0.4) is 0 Å². The first kappa shape index (κ1) is 27.4. The maximum absolute atomic E-state index is 5.43. The summed E-state index contributed by atoms with van der Waals surface area (Å²) in [6.45, 7) is 13.5. The molecule has 0 amide bonds. The molecule has 198 valence electrons. The van der Waals surface area contributed by atoms with Gasteiger partial charge in [-0.05, 0) is 57.1 Å². The van der Waals surface area contributed by atoms with Crippen molar-refractivity contribution < 1.29 is 4.74 Å². The van der Waals surface area contributed by atoms with Gasteiger partial charge < -0.3 is 19.7 Å². The summed E-state index contributed by atoms with van der Waals surface area (Å²) < 4.78 is 8.64. The number of nitrogens with one attached hydrogen (secondary N) is 2. The number of hydrogen-bond donors (Lipinski definition) is 2. The van der Waals surface area contributed by atoms with Gasteiger partial charge in [-0.3, -0.25) is 4.90 Å². The Kier molecular flexibility index (Phi) is 9.11. The first-order valence-electron chi connectivity index (χ1n) is 12.5. The normalized spacial score (nSPS) is 20.8. The molecule has 0 bridgehead atoms. The van der Waals surface area contributed by atoms with E-state index in [0.717, 1.165) is 72.0 Å². The SMILES string of the molecule is C=C(c1ccnc(NSC)c1)N1CC[C@H](N2Cc3cnc(N/C(C)=C/C(OC)=C(\C)P)nc3C2)C[C@H]1C. The van der Waals surface area contributed by atoms with Crippen molar-refractivity contribution in [2.24, 2.45) is 0 Å². The highest BCUT2D eigenvalue weighted by Gasteiger charge is 2.33. The third kappa shape index (κ3) is 6.64. The minimum atomic E-state index is 0.402. The minimum absolute atomic E-state index is 0.402. The zero-order valence-corrected chi connectivity index (χ0v) is 24.4. The Bertz CT molecular complexity index is 1200. The fourth-order valence-electron chi connectivity index (χ4n) is 5.06. The summed E-state index contributed by atoms with van der Waals surface area (Å²) in [5.74, 6) is 2.30. The van der Waals surface area contributed by atoms with Crippen molar-refractivity contribution in [3.05, 3.63) is 70.8 Å². The molecular formula is C27H38N7OPS. The number of allylic oxidation sites excluding steroid dienone is 3. The quantitative estimate of drug-likeness (QED) is 0.187. The summed E-state index contributed by atoms with van der Waals surface area (Å²) >= 11 is 1.54. The van der Waals surface area contributed by atoms with Crippen molar-refractivity contribution in [1.29, 1.82) is 0 Å². The van der Waals surface area contributed by atoms with Crippen molar-refractivity contribution >= 4 is 38.7 Å². The van der Waals surface area contributed by atoms with Gasteiger partial charge in [0.15, 0.2) is 0 Å². The van der Waals surface area contributed by atoms with Crippen LogP contribution in [-0.2, 0) is 17.8 Å². The maximum Gasteiger partial charge on any atom is 0.227 e. The van der Waals surface area contributed by atoms with Gasteiger partial charge >= 0.3 is 0 Å². The maximum atomic E-state index is 5.43. The molecule has 0 aliphatic carbocycles. The van der Waals surface area contributed by atoms with Gasteiger partial charge in [-0.25, -0.2) is 15.0 Å². The summed E-state index contributed by atoms with van der Waals surface area (Å²) in [5.41, 5.74) is 5.44. The van der Waals surface area contributed by atoms with Crippen molar-refractivity contribution in [2.75, 3.05) is 29.9 Å². The predicted molar refractivity (Wildman–Crippen MR) is 158 cm³/mol. The van der Waals surface area contributed by atoms with Crippen LogP contribution < -0.4 is 10.0 Å². The Hall–Kier alpha value is -2.61. The van der Waals surface area contributed by atoms with Crippen LogP contribution in [0, 0.1) is 0 Å². The monoisotopic (exact) mass is 539 g/mol. The Morgan fingerprint density at radius 2 is 2.11 bits per heavy atom. The van der Waals surface area contributed by atoms with E-state index in [2.05, 4.69) is 58.6 Å². The second-order valence-electron chi connectivity index (χ2n) is 9.68. The lowest BCUT2D eigenvalue weighted by molar-refractivity contribution is 0.102. The average Bonchev–Trinajstić information content (AvgIpc) is 3.30. The van der Waals surface area contributed by atoms with Crippen molar-refractivity contribution in [3.63, 3.8) is 0 Å². The molecule has 37 heavy (non-hydrogen) atoms. The van der Waals surface area contributed by atoms with Crippen LogP contribution in [0.1, 0.15) is 50.4 Å². The number of anilines is 2. The summed E-state index contributed by atoms with van der Waals surface area (Å²) in [7, 11) is 4.34. The second kappa shape index (κ2) is 12.3. The third-order valence-electron chi connectivity index (χ3n) is 6.96. The zero-order chi connectivity index (χ0) is 26.5. The first-order valence-corrected chi connectivity index (χ1v) is 14.3. The number of piperidine rings is 1. The largest absolute Gasteiger partial charge is 0.496 e. The Labute approximate surface area is 227 Å². The first-order chi connectivity index (χ1) is 17.8. The third-order valence-corrected chi connectivity index (χ3v) is 7.65. The van der Waals surface area contributed by atoms with Gasteiger partial charge in [0.2, 0.25) is 5.95 Å². The molecule has 0 spiro atoms. The highest BCUT2D eigenvalue weighted by atomic mass is 32.2. The molecule has 1 saturated heterocycles. The summed E-state index contributed by atoms with van der Waals surface area (Å²) in [5, 5.41) is 4.35. The van der Waals surface area contributed by atoms with E-state index in [1.807, 2.05) is 44.6 Å².